The van der Waals surface area contributed by atoms with Crippen molar-refractivity contribution in [2.75, 3.05) is 12.4 Å². The van der Waals surface area contributed by atoms with Crippen molar-refractivity contribution in [3.05, 3.63) is 36.5 Å². The van der Waals surface area contributed by atoms with Crippen LogP contribution in [0.25, 0.3) is 11.0 Å². The lowest BCUT2D eigenvalue weighted by Gasteiger charge is -2.04. The third kappa shape index (κ3) is 2.02. The molecule has 0 radical (unpaired) electrons. The molecule has 0 aliphatic rings. The highest BCUT2D eigenvalue weighted by molar-refractivity contribution is 7.99. The lowest BCUT2D eigenvalue weighted by atomic mass is 10.4. The fourth-order valence-corrected chi connectivity index (χ4v) is 2.51. The number of anilines is 1. The van der Waals surface area contributed by atoms with E-state index < -0.39 is 0 Å². The van der Waals surface area contributed by atoms with Crippen LogP contribution in [0.4, 0.5) is 5.95 Å². The summed E-state index contributed by atoms with van der Waals surface area (Å²) in [6.45, 7) is 0. The van der Waals surface area contributed by atoms with Gasteiger partial charge in [-0.05, 0) is 12.1 Å². The number of H-pyrrole nitrogens is 1. The number of aromatic nitrogens is 4. The van der Waals surface area contributed by atoms with E-state index in [1.165, 1.54) is 0 Å². The van der Waals surface area contributed by atoms with Crippen molar-refractivity contribution in [3.63, 3.8) is 0 Å². The van der Waals surface area contributed by atoms with Gasteiger partial charge < -0.3 is 5.32 Å². The molecule has 90 valence electrons. The molecule has 2 N–H and O–H groups in total. The molecule has 0 spiro atoms. The van der Waals surface area contributed by atoms with E-state index in [0.717, 1.165) is 21.0 Å². The average molecular weight is 257 g/mol. The van der Waals surface area contributed by atoms with Crippen LogP contribution in [0.1, 0.15) is 0 Å². The number of nitrogens with one attached hydrogen (secondary N) is 2. The minimum atomic E-state index is 0.588. The molecule has 0 saturated heterocycles. The highest BCUT2D eigenvalue weighted by Gasteiger charge is 2.09. The molecule has 6 heteroatoms. The summed E-state index contributed by atoms with van der Waals surface area (Å²) in [4.78, 5) is 9.91. The van der Waals surface area contributed by atoms with Crippen LogP contribution in [0.15, 0.2) is 46.5 Å². The molecule has 5 nitrogen and oxygen atoms in total. The van der Waals surface area contributed by atoms with Crippen molar-refractivity contribution < 1.29 is 0 Å². The first-order valence-electron chi connectivity index (χ1n) is 5.48. The van der Waals surface area contributed by atoms with Gasteiger partial charge in [0.25, 0.3) is 0 Å². The summed E-state index contributed by atoms with van der Waals surface area (Å²) in [6, 6.07) is 10.1. The number of hydrogen-bond acceptors (Lipinski definition) is 5. The predicted molar refractivity (Wildman–Crippen MR) is 71.8 cm³/mol. The maximum Gasteiger partial charge on any atom is 0.225 e. The second-order valence-corrected chi connectivity index (χ2v) is 4.71. The van der Waals surface area contributed by atoms with Crippen molar-refractivity contribution in [2.45, 2.75) is 9.92 Å². The molecule has 0 unspecified atom stereocenters. The largest absolute Gasteiger partial charge is 0.357 e. The standard InChI is InChI=1S/C12H11N5S/c1-13-12-15-10-9(7-14-17-10)11(16-12)18-8-5-3-2-4-6-8/h2-7H,1H3,(H2,13,14,15,16,17). The second-order valence-electron chi connectivity index (χ2n) is 3.65. The zero-order chi connectivity index (χ0) is 12.4. The number of fused-ring (bicyclic) bond motifs is 1. The Kier molecular flexibility index (Phi) is 2.85. The lowest BCUT2D eigenvalue weighted by molar-refractivity contribution is 1.06. The molecule has 0 saturated carbocycles. The maximum absolute atomic E-state index is 4.47. The van der Waals surface area contributed by atoms with Gasteiger partial charge in [-0.25, -0.2) is 4.98 Å². The van der Waals surface area contributed by atoms with E-state index >= 15 is 0 Å². The van der Waals surface area contributed by atoms with Crippen LogP contribution in [0.2, 0.25) is 0 Å². The number of aromatic amines is 1. The average Bonchev–Trinajstić information content (AvgIpc) is 2.88. The second kappa shape index (κ2) is 4.66. The third-order valence-electron chi connectivity index (χ3n) is 2.46. The third-order valence-corrected chi connectivity index (χ3v) is 3.47. The molecular weight excluding hydrogens is 246 g/mol. The minimum absolute atomic E-state index is 0.588. The molecular formula is C12H11N5S. The van der Waals surface area contributed by atoms with Gasteiger partial charge in [-0.15, -0.1) is 0 Å². The summed E-state index contributed by atoms with van der Waals surface area (Å²) >= 11 is 1.60. The van der Waals surface area contributed by atoms with Crippen LogP contribution in [-0.4, -0.2) is 27.2 Å². The number of nitrogens with zero attached hydrogens (tertiary/aromatic N) is 3. The van der Waals surface area contributed by atoms with Crippen LogP contribution in [0, 0.1) is 0 Å². The summed E-state index contributed by atoms with van der Waals surface area (Å²) in [7, 11) is 1.80. The van der Waals surface area contributed by atoms with E-state index in [0.29, 0.717) is 5.95 Å². The molecule has 18 heavy (non-hydrogen) atoms. The Morgan fingerprint density at radius 2 is 2.00 bits per heavy atom. The van der Waals surface area contributed by atoms with Crippen molar-refractivity contribution in [3.8, 4) is 0 Å². The fraction of sp³-hybridized carbons (Fsp3) is 0.0833. The minimum Gasteiger partial charge on any atom is -0.357 e. The SMILES string of the molecule is CNc1nc(Sc2ccccc2)c2cn[nH]c2n1. The van der Waals surface area contributed by atoms with Gasteiger partial charge in [0.2, 0.25) is 5.95 Å². The fourth-order valence-electron chi connectivity index (χ4n) is 1.60. The number of hydrogen-bond donors (Lipinski definition) is 2. The zero-order valence-electron chi connectivity index (χ0n) is 9.71. The molecule has 3 rings (SSSR count). The number of benzene rings is 1. The molecule has 2 heterocycles. The zero-order valence-corrected chi connectivity index (χ0v) is 10.5. The molecule has 0 amide bonds. The van der Waals surface area contributed by atoms with E-state index in [9.17, 15) is 0 Å². The normalized spacial score (nSPS) is 10.7. The molecule has 0 fully saturated rings. The van der Waals surface area contributed by atoms with Gasteiger partial charge >= 0.3 is 0 Å². The molecule has 1 aromatic carbocycles. The Bertz CT molecular complexity index is 665. The predicted octanol–water partition coefficient (Wildman–Crippen LogP) is 2.55. The molecule has 0 atom stereocenters. The maximum atomic E-state index is 4.47. The number of rotatable bonds is 3. The van der Waals surface area contributed by atoms with Crippen molar-refractivity contribution in [1.82, 2.24) is 20.2 Å². The summed E-state index contributed by atoms with van der Waals surface area (Å²) in [6.07, 6.45) is 1.75. The molecule has 0 bridgehead atoms. The highest BCUT2D eigenvalue weighted by atomic mass is 32.2. The van der Waals surface area contributed by atoms with E-state index in [1.807, 2.05) is 18.2 Å². The summed E-state index contributed by atoms with van der Waals surface area (Å²) in [5.41, 5.74) is 0.743. The molecule has 2 aromatic heterocycles. The van der Waals surface area contributed by atoms with E-state index in [4.69, 9.17) is 0 Å². The van der Waals surface area contributed by atoms with Crippen molar-refractivity contribution in [2.24, 2.45) is 0 Å². The van der Waals surface area contributed by atoms with Crippen LogP contribution in [-0.2, 0) is 0 Å². The first-order chi connectivity index (χ1) is 8.86. The Balaban J connectivity index is 2.07. The quantitative estimate of drug-likeness (QED) is 0.706. The first-order valence-corrected chi connectivity index (χ1v) is 6.30. The Morgan fingerprint density at radius 1 is 1.17 bits per heavy atom. The smallest absolute Gasteiger partial charge is 0.225 e. The van der Waals surface area contributed by atoms with Gasteiger partial charge in [0.05, 0.1) is 11.6 Å². The monoisotopic (exact) mass is 257 g/mol. The van der Waals surface area contributed by atoms with Gasteiger partial charge in [-0.1, -0.05) is 30.0 Å². The van der Waals surface area contributed by atoms with Crippen molar-refractivity contribution >= 4 is 28.7 Å². The lowest BCUT2D eigenvalue weighted by Crippen LogP contribution is -1.97. The van der Waals surface area contributed by atoms with Gasteiger partial charge in [0.1, 0.15) is 5.03 Å². The van der Waals surface area contributed by atoms with E-state index in [-0.39, 0.29) is 0 Å². The Hall–Kier alpha value is -2.08. The van der Waals surface area contributed by atoms with Crippen molar-refractivity contribution in [1.29, 1.82) is 0 Å². The Morgan fingerprint density at radius 3 is 2.78 bits per heavy atom. The van der Waals surface area contributed by atoms with Crippen LogP contribution in [0.5, 0.6) is 0 Å². The Labute approximate surface area is 108 Å². The van der Waals surface area contributed by atoms with Gasteiger partial charge in [0, 0.05) is 11.9 Å². The van der Waals surface area contributed by atoms with Gasteiger partial charge in [-0.3, -0.25) is 5.10 Å². The van der Waals surface area contributed by atoms with Gasteiger partial charge in [0.15, 0.2) is 5.65 Å². The first kappa shape index (κ1) is 11.0. The van der Waals surface area contributed by atoms with E-state index in [1.54, 1.807) is 25.0 Å². The van der Waals surface area contributed by atoms with Gasteiger partial charge in [-0.2, -0.15) is 10.1 Å². The van der Waals surface area contributed by atoms with Crippen LogP contribution in [0.3, 0.4) is 0 Å². The molecule has 0 aliphatic carbocycles. The highest BCUT2D eigenvalue weighted by Crippen LogP contribution is 2.31. The summed E-state index contributed by atoms with van der Waals surface area (Å²) in [5, 5.41) is 11.7. The molecule has 3 aromatic rings. The van der Waals surface area contributed by atoms with Crippen LogP contribution < -0.4 is 5.32 Å². The summed E-state index contributed by atoms with van der Waals surface area (Å²) in [5.74, 6) is 0.588. The van der Waals surface area contributed by atoms with Crippen LogP contribution >= 0.6 is 11.8 Å². The molecule has 0 aliphatic heterocycles. The van der Waals surface area contributed by atoms with E-state index in [2.05, 4.69) is 37.6 Å². The summed E-state index contributed by atoms with van der Waals surface area (Å²) < 4.78 is 0. The topological polar surface area (TPSA) is 66.5 Å².